The predicted octanol–water partition coefficient (Wildman–Crippen LogP) is 3.60. The zero-order chi connectivity index (χ0) is 16.1. The van der Waals surface area contributed by atoms with Gasteiger partial charge in [0.05, 0.1) is 11.5 Å². The fraction of sp³-hybridized carbons (Fsp3) is 0.400. The zero-order valence-electron chi connectivity index (χ0n) is 12.5. The Hall–Kier alpha value is -1.18. The highest BCUT2D eigenvalue weighted by Crippen LogP contribution is 2.34. The van der Waals surface area contributed by atoms with Gasteiger partial charge >= 0.3 is 5.97 Å². The molecule has 0 bridgehead atoms. The Morgan fingerprint density at radius 1 is 1.50 bits per heavy atom. The molecule has 0 radical (unpaired) electrons. The Morgan fingerprint density at radius 3 is 2.91 bits per heavy atom. The molecule has 1 aromatic heterocycles. The van der Waals surface area contributed by atoms with Crippen LogP contribution in [0.5, 0.6) is 0 Å². The number of ether oxygens (including phenoxy) is 1. The number of nitrogens with zero attached hydrogens (tertiary/aromatic N) is 1. The molecule has 1 amide bonds. The van der Waals surface area contributed by atoms with Gasteiger partial charge in [0.25, 0.3) is 5.91 Å². The molecule has 2 heterocycles. The van der Waals surface area contributed by atoms with Crippen molar-refractivity contribution in [3.05, 3.63) is 26.8 Å². The highest BCUT2D eigenvalue weighted by molar-refractivity contribution is 8.26. The van der Waals surface area contributed by atoms with E-state index < -0.39 is 0 Å². The van der Waals surface area contributed by atoms with Gasteiger partial charge in [-0.05, 0) is 43.4 Å². The van der Waals surface area contributed by atoms with Crippen LogP contribution in [0.4, 0.5) is 0 Å². The third kappa shape index (κ3) is 4.18. The summed E-state index contributed by atoms with van der Waals surface area (Å²) in [6.45, 7) is 4.62. The van der Waals surface area contributed by atoms with Crippen LogP contribution in [0.3, 0.4) is 0 Å². The van der Waals surface area contributed by atoms with Crippen molar-refractivity contribution in [2.75, 3.05) is 13.2 Å². The number of esters is 1. The maximum absolute atomic E-state index is 12.4. The Labute approximate surface area is 143 Å². The molecule has 1 aromatic rings. The minimum Gasteiger partial charge on any atom is -0.466 e. The highest BCUT2D eigenvalue weighted by atomic mass is 32.2. The van der Waals surface area contributed by atoms with Gasteiger partial charge in [-0.15, -0.1) is 11.3 Å². The minimum atomic E-state index is -0.238. The van der Waals surface area contributed by atoms with Crippen molar-refractivity contribution in [1.82, 2.24) is 4.90 Å². The lowest BCUT2D eigenvalue weighted by molar-refractivity contribution is -0.143. The molecule has 1 aliphatic heterocycles. The topological polar surface area (TPSA) is 46.6 Å². The van der Waals surface area contributed by atoms with Crippen molar-refractivity contribution in [2.45, 2.75) is 26.7 Å². The van der Waals surface area contributed by atoms with E-state index in [1.807, 2.05) is 24.4 Å². The maximum Gasteiger partial charge on any atom is 0.305 e. The Bertz CT molecular complexity index is 621. The number of thiophene rings is 1. The van der Waals surface area contributed by atoms with Crippen LogP contribution in [-0.2, 0) is 14.3 Å². The molecule has 1 saturated heterocycles. The lowest BCUT2D eigenvalue weighted by Gasteiger charge is -2.13. The van der Waals surface area contributed by atoms with E-state index in [0.29, 0.717) is 35.2 Å². The molecule has 0 aliphatic carbocycles. The van der Waals surface area contributed by atoms with E-state index in [-0.39, 0.29) is 11.9 Å². The van der Waals surface area contributed by atoms with Gasteiger partial charge in [-0.2, -0.15) is 0 Å². The Balaban J connectivity index is 1.96. The Morgan fingerprint density at radius 2 is 2.27 bits per heavy atom. The molecule has 4 nitrogen and oxygen atoms in total. The number of thioether (sulfide) groups is 1. The molecule has 7 heteroatoms. The van der Waals surface area contributed by atoms with E-state index in [0.717, 1.165) is 10.4 Å². The molecule has 0 spiro atoms. The number of thiocarbonyl (C=S) groups is 1. The first kappa shape index (κ1) is 17.2. The van der Waals surface area contributed by atoms with Crippen molar-refractivity contribution < 1.29 is 14.3 Å². The monoisotopic (exact) mass is 355 g/mol. The molecular weight excluding hydrogens is 338 g/mol. The molecular formula is C15H17NO3S3. The quantitative estimate of drug-likeness (QED) is 0.443. The predicted molar refractivity (Wildman–Crippen MR) is 94.8 cm³/mol. The van der Waals surface area contributed by atoms with Gasteiger partial charge in [0.2, 0.25) is 0 Å². The van der Waals surface area contributed by atoms with Gasteiger partial charge in [-0.1, -0.05) is 24.0 Å². The van der Waals surface area contributed by atoms with Gasteiger partial charge in [0.15, 0.2) is 0 Å². The van der Waals surface area contributed by atoms with E-state index in [2.05, 4.69) is 0 Å². The lowest BCUT2D eigenvalue weighted by atomic mass is 10.2. The van der Waals surface area contributed by atoms with Gasteiger partial charge in [-0.25, -0.2) is 0 Å². The largest absolute Gasteiger partial charge is 0.466 e. The van der Waals surface area contributed by atoms with Crippen LogP contribution >= 0.6 is 35.3 Å². The molecule has 2 rings (SSSR count). The van der Waals surface area contributed by atoms with Crippen molar-refractivity contribution in [1.29, 1.82) is 0 Å². The number of hydrogen-bond donors (Lipinski definition) is 0. The van der Waals surface area contributed by atoms with Crippen molar-refractivity contribution in [3.8, 4) is 0 Å². The summed E-state index contributed by atoms with van der Waals surface area (Å²) in [4.78, 5) is 27.0. The first-order valence-corrected chi connectivity index (χ1v) is 9.08. The van der Waals surface area contributed by atoms with Crippen LogP contribution in [0.1, 0.15) is 30.2 Å². The lowest BCUT2D eigenvalue weighted by Crippen LogP contribution is -2.29. The number of aryl methyl sites for hydroxylation is 1. The fourth-order valence-electron chi connectivity index (χ4n) is 1.96. The zero-order valence-corrected chi connectivity index (χ0v) is 14.9. The smallest absolute Gasteiger partial charge is 0.305 e. The SMILES string of the molecule is CCOC(=O)CCCN1C(=O)/C(=C/c2sccc2C)SC1=S. The summed E-state index contributed by atoms with van der Waals surface area (Å²) in [5, 5.41) is 2.00. The van der Waals surface area contributed by atoms with E-state index in [4.69, 9.17) is 17.0 Å². The molecule has 118 valence electrons. The molecule has 22 heavy (non-hydrogen) atoms. The van der Waals surface area contributed by atoms with E-state index in [1.165, 1.54) is 11.8 Å². The molecule has 0 N–H and O–H groups in total. The second kappa shape index (κ2) is 7.89. The Kier molecular flexibility index (Phi) is 6.16. The molecule has 1 fully saturated rings. The van der Waals surface area contributed by atoms with Crippen LogP contribution in [-0.4, -0.2) is 34.2 Å². The highest BCUT2D eigenvalue weighted by Gasteiger charge is 2.31. The number of amides is 1. The molecule has 0 unspecified atom stereocenters. The fourth-order valence-corrected chi connectivity index (χ4v) is 4.18. The van der Waals surface area contributed by atoms with Crippen LogP contribution in [0, 0.1) is 6.92 Å². The molecule has 0 aromatic carbocycles. The second-order valence-electron chi connectivity index (χ2n) is 4.71. The molecule has 0 atom stereocenters. The average molecular weight is 356 g/mol. The summed E-state index contributed by atoms with van der Waals surface area (Å²) in [7, 11) is 0. The van der Waals surface area contributed by atoms with Crippen LogP contribution in [0.25, 0.3) is 6.08 Å². The number of hydrogen-bond acceptors (Lipinski definition) is 6. The van der Waals surface area contributed by atoms with Crippen LogP contribution in [0.15, 0.2) is 16.4 Å². The minimum absolute atomic E-state index is 0.0772. The number of rotatable bonds is 6. The van der Waals surface area contributed by atoms with Crippen LogP contribution in [0.2, 0.25) is 0 Å². The first-order chi connectivity index (χ1) is 10.5. The summed E-state index contributed by atoms with van der Waals surface area (Å²) in [6.07, 6.45) is 2.75. The molecule has 1 aliphatic rings. The van der Waals surface area contributed by atoms with Gasteiger partial charge in [-0.3, -0.25) is 14.5 Å². The standard InChI is InChI=1S/C15H17NO3S3/c1-3-19-13(17)5-4-7-16-14(18)12(22-15(16)20)9-11-10(2)6-8-21-11/h6,8-9H,3-5,7H2,1-2H3/b12-9-. The van der Waals surface area contributed by atoms with Crippen molar-refractivity contribution in [3.63, 3.8) is 0 Å². The first-order valence-electron chi connectivity index (χ1n) is 6.98. The van der Waals surface area contributed by atoms with E-state index in [9.17, 15) is 9.59 Å². The van der Waals surface area contributed by atoms with Crippen molar-refractivity contribution >= 4 is 57.6 Å². The summed E-state index contributed by atoms with van der Waals surface area (Å²) in [6, 6.07) is 2.02. The number of carbonyl (C=O) groups is 2. The average Bonchev–Trinajstić information content (AvgIpc) is 2.98. The maximum atomic E-state index is 12.4. The summed E-state index contributed by atoms with van der Waals surface area (Å²) >= 11 is 8.19. The van der Waals surface area contributed by atoms with Gasteiger partial charge < -0.3 is 4.74 Å². The third-order valence-corrected chi connectivity index (χ3v) is 5.45. The number of carbonyl (C=O) groups excluding carboxylic acids is 2. The van der Waals surface area contributed by atoms with Crippen LogP contribution < -0.4 is 0 Å². The van der Waals surface area contributed by atoms with Gasteiger partial charge in [0, 0.05) is 17.8 Å². The van der Waals surface area contributed by atoms with E-state index >= 15 is 0 Å². The molecule has 0 saturated carbocycles. The second-order valence-corrected chi connectivity index (χ2v) is 7.33. The normalized spacial score (nSPS) is 16.6. The summed E-state index contributed by atoms with van der Waals surface area (Å²) in [5.74, 6) is -0.315. The third-order valence-electron chi connectivity index (χ3n) is 3.11. The van der Waals surface area contributed by atoms with Gasteiger partial charge in [0.1, 0.15) is 4.32 Å². The van der Waals surface area contributed by atoms with Crippen molar-refractivity contribution in [2.24, 2.45) is 0 Å². The van der Waals surface area contributed by atoms with E-state index in [1.54, 1.807) is 23.2 Å². The summed E-state index contributed by atoms with van der Waals surface area (Å²) < 4.78 is 5.42. The summed E-state index contributed by atoms with van der Waals surface area (Å²) in [5.41, 5.74) is 1.15.